The summed E-state index contributed by atoms with van der Waals surface area (Å²) in [6, 6.07) is 12.7. The second kappa shape index (κ2) is 9.49. The molecule has 1 unspecified atom stereocenters. The van der Waals surface area contributed by atoms with Crippen LogP contribution >= 0.6 is 23.8 Å². The monoisotopic (exact) mass is 444 g/mol. The van der Waals surface area contributed by atoms with Gasteiger partial charge in [-0.3, -0.25) is 4.79 Å². The van der Waals surface area contributed by atoms with Crippen LogP contribution in [0.3, 0.4) is 0 Å². The molecule has 7 heteroatoms. The van der Waals surface area contributed by atoms with E-state index in [1.165, 1.54) is 0 Å². The standard InChI is InChI=1S/C23H25ClN2O3S/c1-5-26-14(2)20(15(3)27)21(25-23(26)30)18-10-7-11-19(28-4)22(18)29-13-16-8-6-9-17(24)12-16/h6-12,21H,5,13H2,1-4H3,(H,25,30). The van der Waals surface area contributed by atoms with E-state index in [1.54, 1.807) is 14.0 Å². The minimum Gasteiger partial charge on any atom is -0.493 e. The van der Waals surface area contributed by atoms with Crippen molar-refractivity contribution < 1.29 is 14.3 Å². The van der Waals surface area contributed by atoms with Crippen molar-refractivity contribution in [2.75, 3.05) is 13.7 Å². The summed E-state index contributed by atoms with van der Waals surface area (Å²) in [5.74, 6) is 1.13. The molecule has 3 rings (SSSR count). The molecule has 2 aromatic carbocycles. The number of Topliss-reactive ketones (excluding diaryl/α,β-unsaturated/α-hetero) is 1. The summed E-state index contributed by atoms with van der Waals surface area (Å²) in [5.41, 5.74) is 3.23. The lowest BCUT2D eigenvalue weighted by Gasteiger charge is -2.37. The molecule has 0 bridgehead atoms. The highest BCUT2D eigenvalue weighted by atomic mass is 35.5. The molecule has 1 aliphatic rings. The van der Waals surface area contributed by atoms with Gasteiger partial charge in [-0.25, -0.2) is 0 Å². The van der Waals surface area contributed by atoms with Crippen molar-refractivity contribution >= 4 is 34.7 Å². The van der Waals surface area contributed by atoms with Crippen LogP contribution in [0.4, 0.5) is 0 Å². The third-order valence-electron chi connectivity index (χ3n) is 5.10. The third kappa shape index (κ3) is 4.45. The maximum atomic E-state index is 12.6. The van der Waals surface area contributed by atoms with Crippen LogP contribution in [0.25, 0.3) is 0 Å². The van der Waals surface area contributed by atoms with E-state index >= 15 is 0 Å². The number of methoxy groups -OCH3 is 1. The van der Waals surface area contributed by atoms with Crippen LogP contribution in [-0.2, 0) is 11.4 Å². The van der Waals surface area contributed by atoms with Gasteiger partial charge in [0.2, 0.25) is 0 Å². The van der Waals surface area contributed by atoms with Gasteiger partial charge in [0.1, 0.15) is 6.61 Å². The summed E-state index contributed by atoms with van der Waals surface area (Å²) in [6.45, 7) is 6.48. The Kier molecular flexibility index (Phi) is 7.00. The lowest BCUT2D eigenvalue weighted by molar-refractivity contribution is -0.114. The number of nitrogens with zero attached hydrogens (tertiary/aromatic N) is 1. The number of hydrogen-bond donors (Lipinski definition) is 1. The lowest BCUT2D eigenvalue weighted by atomic mass is 9.91. The van der Waals surface area contributed by atoms with Crippen molar-refractivity contribution in [3.63, 3.8) is 0 Å². The number of ether oxygens (including phenoxy) is 2. The first-order valence-electron chi connectivity index (χ1n) is 9.71. The Balaban J connectivity index is 2.05. The first-order chi connectivity index (χ1) is 14.4. The number of para-hydroxylation sites is 1. The van der Waals surface area contributed by atoms with Gasteiger partial charge in [-0.2, -0.15) is 0 Å². The van der Waals surface area contributed by atoms with Crippen molar-refractivity contribution in [1.29, 1.82) is 0 Å². The molecule has 0 saturated heterocycles. The molecule has 0 aromatic heterocycles. The fraction of sp³-hybridized carbons (Fsp3) is 0.304. The first kappa shape index (κ1) is 22.1. The van der Waals surface area contributed by atoms with Crippen molar-refractivity contribution in [2.24, 2.45) is 0 Å². The molecular weight excluding hydrogens is 420 g/mol. The Labute approximate surface area is 187 Å². The van der Waals surface area contributed by atoms with Crippen molar-refractivity contribution in [2.45, 2.75) is 33.4 Å². The Morgan fingerprint density at radius 2 is 2.00 bits per heavy atom. The molecule has 0 aliphatic carbocycles. The van der Waals surface area contributed by atoms with Gasteiger partial charge < -0.3 is 19.7 Å². The zero-order valence-corrected chi connectivity index (χ0v) is 19.1. The average Bonchev–Trinajstić information content (AvgIpc) is 2.71. The molecule has 30 heavy (non-hydrogen) atoms. The van der Waals surface area contributed by atoms with Gasteiger partial charge in [-0.05, 0) is 56.8 Å². The maximum absolute atomic E-state index is 12.6. The van der Waals surface area contributed by atoms with Crippen LogP contribution in [0.2, 0.25) is 5.02 Å². The number of carbonyl (C=O) groups is 1. The zero-order valence-electron chi connectivity index (χ0n) is 17.5. The number of allylic oxidation sites excluding steroid dienone is 1. The minimum absolute atomic E-state index is 0.0189. The van der Waals surface area contributed by atoms with E-state index in [0.717, 1.165) is 16.8 Å². The summed E-state index contributed by atoms with van der Waals surface area (Å²) in [6.07, 6.45) is 0. The Bertz CT molecular complexity index is 1010. The second-order valence-electron chi connectivity index (χ2n) is 6.98. The molecule has 0 fully saturated rings. The van der Waals surface area contributed by atoms with Gasteiger partial charge in [-0.15, -0.1) is 0 Å². The molecule has 0 saturated carbocycles. The summed E-state index contributed by atoms with van der Waals surface area (Å²) < 4.78 is 11.7. The van der Waals surface area contributed by atoms with E-state index in [2.05, 4.69) is 5.32 Å². The number of hydrogen-bond acceptors (Lipinski definition) is 4. The summed E-state index contributed by atoms with van der Waals surface area (Å²) in [5, 5.41) is 4.54. The van der Waals surface area contributed by atoms with Crippen LogP contribution in [0, 0.1) is 0 Å². The van der Waals surface area contributed by atoms with E-state index in [9.17, 15) is 4.79 Å². The quantitative estimate of drug-likeness (QED) is 0.603. The molecule has 5 nitrogen and oxygen atoms in total. The topological polar surface area (TPSA) is 50.8 Å². The first-order valence-corrected chi connectivity index (χ1v) is 10.5. The number of benzene rings is 2. The van der Waals surface area contributed by atoms with E-state index in [4.69, 9.17) is 33.3 Å². The minimum atomic E-state index is -0.428. The average molecular weight is 445 g/mol. The fourth-order valence-electron chi connectivity index (χ4n) is 3.71. The number of nitrogens with one attached hydrogen (secondary N) is 1. The van der Waals surface area contributed by atoms with Crippen LogP contribution in [-0.4, -0.2) is 29.5 Å². The third-order valence-corrected chi connectivity index (χ3v) is 5.68. The predicted octanol–water partition coefficient (Wildman–Crippen LogP) is 5.04. The Hall–Kier alpha value is -2.57. The molecular formula is C23H25ClN2O3S. The van der Waals surface area contributed by atoms with Gasteiger partial charge in [0.25, 0.3) is 0 Å². The van der Waals surface area contributed by atoms with Gasteiger partial charge in [0.05, 0.1) is 13.2 Å². The van der Waals surface area contributed by atoms with Crippen LogP contribution in [0.15, 0.2) is 53.7 Å². The molecule has 1 aliphatic heterocycles. The van der Waals surface area contributed by atoms with Crippen molar-refractivity contribution in [1.82, 2.24) is 10.2 Å². The highest BCUT2D eigenvalue weighted by molar-refractivity contribution is 7.80. The Morgan fingerprint density at radius 1 is 1.27 bits per heavy atom. The predicted molar refractivity (Wildman–Crippen MR) is 123 cm³/mol. The fourth-order valence-corrected chi connectivity index (χ4v) is 4.31. The van der Waals surface area contributed by atoms with Crippen LogP contribution in [0.1, 0.15) is 37.9 Å². The number of carbonyl (C=O) groups excluding carboxylic acids is 1. The lowest BCUT2D eigenvalue weighted by Crippen LogP contribution is -2.47. The molecule has 0 radical (unpaired) electrons. The van der Waals surface area contributed by atoms with E-state index in [0.29, 0.717) is 40.4 Å². The van der Waals surface area contributed by atoms with Crippen LogP contribution in [0.5, 0.6) is 11.5 Å². The maximum Gasteiger partial charge on any atom is 0.173 e. The molecule has 0 amide bonds. The normalized spacial score (nSPS) is 16.4. The van der Waals surface area contributed by atoms with Crippen molar-refractivity contribution in [3.8, 4) is 11.5 Å². The van der Waals surface area contributed by atoms with E-state index in [1.807, 2.05) is 61.2 Å². The molecule has 158 valence electrons. The molecule has 0 spiro atoms. The Morgan fingerprint density at radius 3 is 2.63 bits per heavy atom. The molecule has 1 atom stereocenters. The SMILES string of the molecule is CCN1C(=S)NC(c2cccc(OC)c2OCc2cccc(Cl)c2)C(C(C)=O)=C1C. The van der Waals surface area contributed by atoms with Crippen molar-refractivity contribution in [3.05, 3.63) is 69.9 Å². The van der Waals surface area contributed by atoms with Gasteiger partial charge in [0.15, 0.2) is 22.4 Å². The molecule has 2 aromatic rings. The van der Waals surface area contributed by atoms with E-state index < -0.39 is 6.04 Å². The highest BCUT2D eigenvalue weighted by Gasteiger charge is 2.34. The smallest absolute Gasteiger partial charge is 0.173 e. The number of rotatable bonds is 7. The zero-order chi connectivity index (χ0) is 21.8. The highest BCUT2D eigenvalue weighted by Crippen LogP contribution is 2.40. The summed E-state index contributed by atoms with van der Waals surface area (Å²) in [7, 11) is 1.59. The van der Waals surface area contributed by atoms with Gasteiger partial charge >= 0.3 is 0 Å². The van der Waals surface area contributed by atoms with Crippen LogP contribution < -0.4 is 14.8 Å². The molecule has 1 heterocycles. The number of ketones is 1. The largest absolute Gasteiger partial charge is 0.493 e. The van der Waals surface area contributed by atoms with Gasteiger partial charge in [0, 0.05) is 28.4 Å². The summed E-state index contributed by atoms with van der Waals surface area (Å²) in [4.78, 5) is 14.5. The molecule has 1 N–H and O–H groups in total. The number of halogens is 1. The van der Waals surface area contributed by atoms with E-state index in [-0.39, 0.29) is 5.78 Å². The summed E-state index contributed by atoms with van der Waals surface area (Å²) >= 11 is 11.7. The number of thiocarbonyl (C=S) groups is 1. The second-order valence-corrected chi connectivity index (χ2v) is 7.80. The van der Waals surface area contributed by atoms with Gasteiger partial charge in [-0.1, -0.05) is 35.9 Å².